The summed E-state index contributed by atoms with van der Waals surface area (Å²) < 4.78 is 9.63. The van der Waals surface area contributed by atoms with Gasteiger partial charge in [0.1, 0.15) is 5.75 Å². The van der Waals surface area contributed by atoms with E-state index in [9.17, 15) is 9.59 Å². The molecule has 0 spiro atoms. The topological polar surface area (TPSA) is 65.3 Å². The summed E-state index contributed by atoms with van der Waals surface area (Å²) in [5.41, 5.74) is 2.55. The Balaban J connectivity index is 1.69. The van der Waals surface area contributed by atoms with Crippen molar-refractivity contribution < 1.29 is 9.53 Å². The van der Waals surface area contributed by atoms with E-state index in [1.54, 1.807) is 16.2 Å². The predicted molar refractivity (Wildman–Crippen MR) is 109 cm³/mol. The van der Waals surface area contributed by atoms with Gasteiger partial charge >= 0.3 is 5.69 Å². The maximum absolute atomic E-state index is 12.6. The molecule has 0 saturated heterocycles. The van der Waals surface area contributed by atoms with Gasteiger partial charge in [-0.3, -0.25) is 13.9 Å². The van der Waals surface area contributed by atoms with Gasteiger partial charge in [-0.2, -0.15) is 0 Å². The molecule has 0 aliphatic carbocycles. The van der Waals surface area contributed by atoms with Crippen LogP contribution < -0.4 is 15.7 Å². The number of halogens is 1. The molecule has 0 aliphatic heterocycles. The van der Waals surface area contributed by atoms with Gasteiger partial charge in [0.15, 0.2) is 0 Å². The Morgan fingerprint density at radius 2 is 1.85 bits per heavy atom. The summed E-state index contributed by atoms with van der Waals surface area (Å²) >= 11 is 3.43. The monoisotopic (exact) mass is 431 g/mol. The number of aromatic nitrogens is 2. The number of hydrogen-bond acceptors (Lipinski definition) is 3. The van der Waals surface area contributed by atoms with Gasteiger partial charge in [0, 0.05) is 36.1 Å². The number of carbonyl (C=O) groups excluding carboxylic acids is 1. The SMILES string of the molecule is CCn1c(=O)n(CCC(=O)NCc2cc(Br)ccc2OC)c2ccccc21. The first kappa shape index (κ1) is 19.2. The third-order valence-corrected chi connectivity index (χ3v) is 5.02. The highest BCUT2D eigenvalue weighted by Gasteiger charge is 2.13. The largest absolute Gasteiger partial charge is 0.496 e. The van der Waals surface area contributed by atoms with Crippen molar-refractivity contribution in [1.29, 1.82) is 0 Å². The molecule has 3 rings (SSSR count). The lowest BCUT2D eigenvalue weighted by molar-refractivity contribution is -0.121. The second-order valence-electron chi connectivity index (χ2n) is 6.15. The Morgan fingerprint density at radius 3 is 2.52 bits per heavy atom. The van der Waals surface area contributed by atoms with Gasteiger partial charge in [-0.25, -0.2) is 4.79 Å². The van der Waals surface area contributed by atoms with Crippen molar-refractivity contribution >= 4 is 32.9 Å². The summed E-state index contributed by atoms with van der Waals surface area (Å²) in [6, 6.07) is 13.3. The predicted octanol–water partition coefficient (Wildman–Crippen LogP) is 3.30. The van der Waals surface area contributed by atoms with Crippen LogP contribution in [-0.4, -0.2) is 22.2 Å². The molecular weight excluding hydrogens is 410 g/mol. The Bertz CT molecular complexity index is 1020. The fraction of sp³-hybridized carbons (Fsp3) is 0.300. The van der Waals surface area contributed by atoms with Gasteiger partial charge < -0.3 is 10.1 Å². The van der Waals surface area contributed by atoms with Gasteiger partial charge in [-0.1, -0.05) is 28.1 Å². The van der Waals surface area contributed by atoms with Crippen molar-refractivity contribution in [1.82, 2.24) is 14.5 Å². The molecule has 1 N–H and O–H groups in total. The average Bonchev–Trinajstić information content (AvgIpc) is 2.95. The van der Waals surface area contributed by atoms with E-state index in [4.69, 9.17) is 4.74 Å². The fourth-order valence-corrected chi connectivity index (χ4v) is 3.58. The molecule has 0 fully saturated rings. The van der Waals surface area contributed by atoms with Gasteiger partial charge in [-0.15, -0.1) is 0 Å². The number of hydrogen-bond donors (Lipinski definition) is 1. The van der Waals surface area contributed by atoms with E-state index in [0.29, 0.717) is 19.6 Å². The van der Waals surface area contributed by atoms with Crippen LogP contribution in [0.5, 0.6) is 5.75 Å². The number of amides is 1. The van der Waals surface area contributed by atoms with Gasteiger partial charge in [-0.05, 0) is 37.3 Å². The van der Waals surface area contributed by atoms with Crippen molar-refractivity contribution in [3.8, 4) is 5.75 Å². The number of carbonyl (C=O) groups is 1. The average molecular weight is 432 g/mol. The van der Waals surface area contributed by atoms with Crippen molar-refractivity contribution in [2.75, 3.05) is 7.11 Å². The minimum Gasteiger partial charge on any atom is -0.496 e. The summed E-state index contributed by atoms with van der Waals surface area (Å²) in [6.45, 7) is 3.25. The molecule has 1 heterocycles. The first-order valence-electron chi connectivity index (χ1n) is 8.82. The zero-order valence-corrected chi connectivity index (χ0v) is 17.0. The number of imidazole rings is 1. The number of ether oxygens (including phenoxy) is 1. The number of benzene rings is 2. The number of methoxy groups -OCH3 is 1. The minimum absolute atomic E-state index is 0.0832. The molecule has 0 saturated carbocycles. The number of nitrogens with one attached hydrogen (secondary N) is 1. The van der Waals surface area contributed by atoms with Crippen molar-refractivity contribution in [2.45, 2.75) is 33.0 Å². The van der Waals surface area contributed by atoms with E-state index in [1.807, 2.05) is 49.4 Å². The molecule has 7 heteroatoms. The zero-order valence-electron chi connectivity index (χ0n) is 15.4. The maximum Gasteiger partial charge on any atom is 0.329 e. The number of rotatable bonds is 7. The highest BCUT2D eigenvalue weighted by molar-refractivity contribution is 9.10. The zero-order chi connectivity index (χ0) is 19.4. The molecule has 2 aromatic carbocycles. The van der Waals surface area contributed by atoms with Crippen LogP contribution in [0.1, 0.15) is 18.9 Å². The van der Waals surface area contributed by atoms with Crippen molar-refractivity contribution in [3.63, 3.8) is 0 Å². The highest BCUT2D eigenvalue weighted by Crippen LogP contribution is 2.22. The van der Waals surface area contributed by atoms with Crippen LogP contribution in [0.3, 0.4) is 0 Å². The van der Waals surface area contributed by atoms with Gasteiger partial charge in [0.25, 0.3) is 0 Å². The molecule has 1 amide bonds. The molecule has 1 aromatic heterocycles. The smallest absolute Gasteiger partial charge is 0.329 e. The lowest BCUT2D eigenvalue weighted by Crippen LogP contribution is -2.28. The van der Waals surface area contributed by atoms with Gasteiger partial charge in [0.2, 0.25) is 5.91 Å². The summed E-state index contributed by atoms with van der Waals surface area (Å²) in [4.78, 5) is 24.9. The van der Waals surface area contributed by atoms with Crippen LogP contribution in [-0.2, 0) is 24.4 Å². The number of nitrogens with zero attached hydrogens (tertiary/aromatic N) is 2. The number of para-hydroxylation sites is 2. The van der Waals surface area contributed by atoms with Crippen LogP contribution in [0.15, 0.2) is 51.7 Å². The molecule has 142 valence electrons. The van der Waals surface area contributed by atoms with Gasteiger partial charge in [0.05, 0.1) is 18.1 Å². The van der Waals surface area contributed by atoms with Crippen LogP contribution >= 0.6 is 15.9 Å². The third-order valence-electron chi connectivity index (χ3n) is 4.52. The Hall–Kier alpha value is -2.54. The summed E-state index contributed by atoms with van der Waals surface area (Å²) in [5, 5.41) is 2.90. The van der Waals surface area contributed by atoms with E-state index in [1.165, 1.54) is 0 Å². The normalized spacial score (nSPS) is 10.9. The Kier molecular flexibility index (Phi) is 6.01. The quantitative estimate of drug-likeness (QED) is 0.623. The molecule has 0 unspecified atom stereocenters. The van der Waals surface area contributed by atoms with Crippen LogP contribution in [0.4, 0.5) is 0 Å². The van der Waals surface area contributed by atoms with E-state index < -0.39 is 0 Å². The summed E-state index contributed by atoms with van der Waals surface area (Å²) in [5.74, 6) is 0.609. The third kappa shape index (κ3) is 4.08. The van der Waals surface area contributed by atoms with Crippen molar-refractivity contribution in [2.24, 2.45) is 0 Å². The van der Waals surface area contributed by atoms with Crippen molar-refractivity contribution in [3.05, 3.63) is 63.0 Å². The minimum atomic E-state index is -0.114. The molecule has 6 nitrogen and oxygen atoms in total. The molecule has 27 heavy (non-hydrogen) atoms. The van der Waals surface area contributed by atoms with E-state index in [2.05, 4.69) is 21.2 Å². The first-order valence-corrected chi connectivity index (χ1v) is 9.61. The fourth-order valence-electron chi connectivity index (χ4n) is 3.17. The molecule has 3 aromatic rings. The standard InChI is InChI=1S/C20H22BrN3O3/c1-3-23-16-6-4-5-7-17(16)24(20(23)26)11-10-19(25)22-13-14-12-15(21)8-9-18(14)27-2/h4-9,12H,3,10-11,13H2,1-2H3,(H,22,25). The van der Waals surface area contributed by atoms with E-state index in [0.717, 1.165) is 26.8 Å². The van der Waals surface area contributed by atoms with Crippen LogP contribution in [0.2, 0.25) is 0 Å². The highest BCUT2D eigenvalue weighted by atomic mass is 79.9. The molecular formula is C20H22BrN3O3. The van der Waals surface area contributed by atoms with Crippen LogP contribution in [0.25, 0.3) is 11.0 Å². The lowest BCUT2D eigenvalue weighted by Gasteiger charge is -2.10. The molecule has 0 radical (unpaired) electrons. The van der Waals surface area contributed by atoms with E-state index >= 15 is 0 Å². The number of aryl methyl sites for hydroxylation is 2. The second-order valence-corrected chi connectivity index (χ2v) is 7.07. The molecule has 0 bridgehead atoms. The van der Waals surface area contributed by atoms with Crippen LogP contribution in [0, 0.1) is 0 Å². The summed E-state index contributed by atoms with van der Waals surface area (Å²) in [7, 11) is 1.60. The van der Waals surface area contributed by atoms with E-state index in [-0.39, 0.29) is 18.0 Å². The molecule has 0 aliphatic rings. The number of fused-ring (bicyclic) bond motifs is 1. The lowest BCUT2D eigenvalue weighted by atomic mass is 10.2. The maximum atomic E-state index is 12.6. The second kappa shape index (κ2) is 8.43. The summed E-state index contributed by atoms with van der Waals surface area (Å²) in [6.07, 6.45) is 0.230. The first-order chi connectivity index (χ1) is 13.0. The Labute approximate surface area is 165 Å². The molecule has 0 atom stereocenters. The Morgan fingerprint density at radius 1 is 1.15 bits per heavy atom.